The van der Waals surface area contributed by atoms with Crippen molar-refractivity contribution in [2.75, 3.05) is 34.4 Å². The Bertz CT molecular complexity index is 415. The number of rotatable bonds is 5. The summed E-state index contributed by atoms with van der Waals surface area (Å²) in [5.74, 6) is 1.75. The zero-order valence-corrected chi connectivity index (χ0v) is 12.8. The summed E-state index contributed by atoms with van der Waals surface area (Å²) in [6.07, 6.45) is 3.74. The maximum Gasteiger partial charge on any atom is 0.127 e. The lowest BCUT2D eigenvalue weighted by atomic mass is 10.1. The van der Waals surface area contributed by atoms with E-state index >= 15 is 0 Å². The first-order valence-electron chi connectivity index (χ1n) is 7.36. The molecule has 0 radical (unpaired) electrons. The second-order valence-electron chi connectivity index (χ2n) is 5.43. The number of methoxy groups -OCH3 is 2. The highest BCUT2D eigenvalue weighted by atomic mass is 16.5. The van der Waals surface area contributed by atoms with Crippen LogP contribution in [0.5, 0.6) is 11.5 Å². The van der Waals surface area contributed by atoms with E-state index in [2.05, 4.69) is 23.3 Å². The molecule has 20 heavy (non-hydrogen) atoms. The van der Waals surface area contributed by atoms with Crippen LogP contribution in [0, 0.1) is 0 Å². The summed E-state index contributed by atoms with van der Waals surface area (Å²) in [6, 6.07) is 6.71. The zero-order valence-electron chi connectivity index (χ0n) is 12.8. The molecule has 1 unspecified atom stereocenters. The third-order valence-corrected chi connectivity index (χ3v) is 4.08. The van der Waals surface area contributed by atoms with E-state index in [1.165, 1.54) is 24.8 Å². The highest BCUT2D eigenvalue weighted by molar-refractivity contribution is 5.40. The van der Waals surface area contributed by atoms with E-state index in [1.54, 1.807) is 14.2 Å². The minimum absolute atomic E-state index is 0.650. The third kappa shape index (κ3) is 3.87. The Morgan fingerprint density at radius 2 is 2.05 bits per heavy atom. The quantitative estimate of drug-likeness (QED) is 0.896. The van der Waals surface area contributed by atoms with Gasteiger partial charge in [0.1, 0.15) is 11.5 Å². The molecule has 0 bridgehead atoms. The smallest absolute Gasteiger partial charge is 0.127 e. The van der Waals surface area contributed by atoms with Gasteiger partial charge < -0.3 is 14.8 Å². The molecule has 4 nitrogen and oxygen atoms in total. The first-order chi connectivity index (χ1) is 9.74. The Labute approximate surface area is 122 Å². The zero-order chi connectivity index (χ0) is 14.4. The fourth-order valence-corrected chi connectivity index (χ4v) is 2.82. The van der Waals surface area contributed by atoms with Crippen molar-refractivity contribution in [2.24, 2.45) is 0 Å². The number of benzene rings is 1. The van der Waals surface area contributed by atoms with Crippen molar-refractivity contribution in [1.82, 2.24) is 10.2 Å². The minimum Gasteiger partial charge on any atom is -0.497 e. The SMILES string of the molecule is COc1ccc(CN(C)C2CCCNCC2)c(OC)c1. The summed E-state index contributed by atoms with van der Waals surface area (Å²) in [5, 5.41) is 3.47. The summed E-state index contributed by atoms with van der Waals surface area (Å²) in [7, 11) is 5.60. The van der Waals surface area contributed by atoms with Crippen LogP contribution in [0.2, 0.25) is 0 Å². The Morgan fingerprint density at radius 1 is 1.20 bits per heavy atom. The Balaban J connectivity index is 2.04. The van der Waals surface area contributed by atoms with E-state index in [0.717, 1.165) is 31.1 Å². The van der Waals surface area contributed by atoms with E-state index in [0.29, 0.717) is 6.04 Å². The van der Waals surface area contributed by atoms with Gasteiger partial charge in [0.05, 0.1) is 14.2 Å². The Morgan fingerprint density at radius 3 is 2.80 bits per heavy atom. The number of hydrogen-bond acceptors (Lipinski definition) is 4. The van der Waals surface area contributed by atoms with E-state index in [9.17, 15) is 0 Å². The molecule has 0 aliphatic carbocycles. The standard InChI is InChI=1S/C16H26N2O2/c1-18(14-5-4-9-17-10-8-14)12-13-6-7-15(19-2)11-16(13)20-3/h6-7,11,14,17H,4-5,8-10,12H2,1-3H3. The Kier molecular flexibility index (Phi) is 5.68. The van der Waals surface area contributed by atoms with Crippen LogP contribution in [0.3, 0.4) is 0 Å². The van der Waals surface area contributed by atoms with Crippen LogP contribution in [-0.4, -0.2) is 45.3 Å². The second kappa shape index (κ2) is 7.50. The van der Waals surface area contributed by atoms with Gasteiger partial charge in [-0.1, -0.05) is 6.07 Å². The third-order valence-electron chi connectivity index (χ3n) is 4.08. The molecule has 4 heteroatoms. The Hall–Kier alpha value is -1.26. The van der Waals surface area contributed by atoms with Gasteiger partial charge >= 0.3 is 0 Å². The van der Waals surface area contributed by atoms with Gasteiger partial charge in [-0.25, -0.2) is 0 Å². The normalized spacial score (nSPS) is 19.7. The molecule has 1 aromatic rings. The van der Waals surface area contributed by atoms with Crippen LogP contribution >= 0.6 is 0 Å². The van der Waals surface area contributed by atoms with Crippen LogP contribution in [0.1, 0.15) is 24.8 Å². The number of ether oxygens (including phenoxy) is 2. The summed E-state index contributed by atoms with van der Waals surface area (Å²) in [6.45, 7) is 3.18. The van der Waals surface area contributed by atoms with Crippen LogP contribution in [0.4, 0.5) is 0 Å². The number of nitrogens with zero attached hydrogens (tertiary/aromatic N) is 1. The van der Waals surface area contributed by atoms with Crippen molar-refractivity contribution >= 4 is 0 Å². The van der Waals surface area contributed by atoms with Crippen molar-refractivity contribution in [3.8, 4) is 11.5 Å². The predicted molar refractivity (Wildman–Crippen MR) is 81.5 cm³/mol. The van der Waals surface area contributed by atoms with Crippen molar-refractivity contribution in [1.29, 1.82) is 0 Å². The van der Waals surface area contributed by atoms with Crippen molar-refractivity contribution in [3.63, 3.8) is 0 Å². The van der Waals surface area contributed by atoms with Gasteiger partial charge in [-0.05, 0) is 45.5 Å². The van der Waals surface area contributed by atoms with E-state index in [1.807, 2.05) is 12.1 Å². The molecule has 112 valence electrons. The summed E-state index contributed by atoms with van der Waals surface area (Å²) in [5.41, 5.74) is 1.22. The molecular weight excluding hydrogens is 252 g/mol. The van der Waals surface area contributed by atoms with Crippen LogP contribution in [-0.2, 0) is 6.54 Å². The van der Waals surface area contributed by atoms with Gasteiger partial charge in [-0.15, -0.1) is 0 Å². The fraction of sp³-hybridized carbons (Fsp3) is 0.625. The predicted octanol–water partition coefficient (Wildman–Crippen LogP) is 2.28. The maximum absolute atomic E-state index is 5.48. The average molecular weight is 278 g/mol. The van der Waals surface area contributed by atoms with Crippen molar-refractivity contribution in [3.05, 3.63) is 23.8 Å². The van der Waals surface area contributed by atoms with Crippen LogP contribution in [0.25, 0.3) is 0 Å². The van der Waals surface area contributed by atoms with E-state index < -0.39 is 0 Å². The molecule has 0 saturated carbocycles. The average Bonchev–Trinajstić information content (AvgIpc) is 2.76. The second-order valence-corrected chi connectivity index (χ2v) is 5.43. The first kappa shape index (κ1) is 15.1. The van der Waals surface area contributed by atoms with Crippen molar-refractivity contribution in [2.45, 2.75) is 31.8 Å². The molecule has 0 aromatic heterocycles. The number of hydrogen-bond donors (Lipinski definition) is 1. The van der Waals surface area contributed by atoms with Crippen molar-refractivity contribution < 1.29 is 9.47 Å². The fourth-order valence-electron chi connectivity index (χ4n) is 2.82. The monoisotopic (exact) mass is 278 g/mol. The lowest BCUT2D eigenvalue weighted by molar-refractivity contribution is 0.214. The van der Waals surface area contributed by atoms with Crippen LogP contribution < -0.4 is 14.8 Å². The molecule has 0 amide bonds. The van der Waals surface area contributed by atoms with E-state index in [4.69, 9.17) is 9.47 Å². The summed E-state index contributed by atoms with van der Waals surface area (Å²) >= 11 is 0. The van der Waals surface area contributed by atoms with Gasteiger partial charge in [-0.3, -0.25) is 4.90 Å². The maximum atomic E-state index is 5.48. The minimum atomic E-state index is 0.650. The number of nitrogens with one attached hydrogen (secondary N) is 1. The van der Waals surface area contributed by atoms with Gasteiger partial charge in [-0.2, -0.15) is 0 Å². The lowest BCUT2D eigenvalue weighted by Gasteiger charge is -2.27. The highest BCUT2D eigenvalue weighted by Crippen LogP contribution is 2.26. The first-order valence-corrected chi connectivity index (χ1v) is 7.36. The van der Waals surface area contributed by atoms with Gasteiger partial charge in [0.15, 0.2) is 0 Å². The van der Waals surface area contributed by atoms with Gasteiger partial charge in [0.25, 0.3) is 0 Å². The molecule has 1 atom stereocenters. The van der Waals surface area contributed by atoms with Gasteiger partial charge in [0, 0.05) is 24.2 Å². The molecule has 1 aliphatic heterocycles. The highest BCUT2D eigenvalue weighted by Gasteiger charge is 2.18. The topological polar surface area (TPSA) is 33.7 Å². The molecule has 1 aromatic carbocycles. The summed E-state index contributed by atoms with van der Waals surface area (Å²) in [4.78, 5) is 2.44. The molecular formula is C16H26N2O2. The summed E-state index contributed by atoms with van der Waals surface area (Å²) < 4.78 is 10.7. The van der Waals surface area contributed by atoms with E-state index in [-0.39, 0.29) is 0 Å². The lowest BCUT2D eigenvalue weighted by Crippen LogP contribution is -2.32. The van der Waals surface area contributed by atoms with Crippen LogP contribution in [0.15, 0.2) is 18.2 Å². The molecule has 1 fully saturated rings. The molecule has 0 spiro atoms. The molecule has 1 saturated heterocycles. The molecule has 1 heterocycles. The van der Waals surface area contributed by atoms with Gasteiger partial charge in [0.2, 0.25) is 0 Å². The largest absolute Gasteiger partial charge is 0.497 e. The molecule has 1 N–H and O–H groups in total. The molecule has 2 rings (SSSR count). The molecule has 1 aliphatic rings.